The summed E-state index contributed by atoms with van der Waals surface area (Å²) in [5.74, 6) is 1.09. The van der Waals surface area contributed by atoms with Crippen LogP contribution in [0.15, 0.2) is 30.3 Å². The van der Waals surface area contributed by atoms with E-state index >= 15 is 0 Å². The van der Waals surface area contributed by atoms with Crippen molar-refractivity contribution in [3.63, 3.8) is 0 Å². The fourth-order valence-electron chi connectivity index (χ4n) is 6.29. The van der Waals surface area contributed by atoms with Gasteiger partial charge in [-0.1, -0.05) is 30.3 Å². The number of carbonyl (C=O) groups excluding carboxylic acids is 1. The molecular weight excluding hydrogens is 402 g/mol. The van der Waals surface area contributed by atoms with Crippen molar-refractivity contribution in [1.82, 2.24) is 19.4 Å². The number of nitrogens with two attached hydrogens (primary N) is 1. The van der Waals surface area contributed by atoms with Crippen LogP contribution in [-0.2, 0) is 17.7 Å². The highest BCUT2D eigenvalue weighted by Gasteiger charge is 2.42. The van der Waals surface area contributed by atoms with Crippen molar-refractivity contribution in [2.45, 2.75) is 76.2 Å². The largest absolute Gasteiger partial charge is 0.453 e. The maximum Gasteiger partial charge on any atom is 0.409 e. The minimum Gasteiger partial charge on any atom is -0.453 e. The van der Waals surface area contributed by atoms with Crippen LogP contribution >= 0.6 is 0 Å². The van der Waals surface area contributed by atoms with Gasteiger partial charge in [0.2, 0.25) is 0 Å². The molecule has 2 saturated heterocycles. The van der Waals surface area contributed by atoms with Crippen LogP contribution in [0.5, 0.6) is 0 Å². The van der Waals surface area contributed by atoms with E-state index in [0.717, 1.165) is 30.9 Å². The molecule has 4 atom stereocenters. The van der Waals surface area contributed by atoms with E-state index in [1.807, 2.05) is 6.07 Å². The number of hydrogen-bond donors (Lipinski definition) is 1. The Balaban J connectivity index is 1.25. The van der Waals surface area contributed by atoms with Crippen molar-refractivity contribution in [1.29, 1.82) is 0 Å². The van der Waals surface area contributed by atoms with Gasteiger partial charge in [-0.25, -0.2) is 9.78 Å². The summed E-state index contributed by atoms with van der Waals surface area (Å²) in [4.78, 5) is 21.3. The second-order valence-electron chi connectivity index (χ2n) is 9.62. The summed E-state index contributed by atoms with van der Waals surface area (Å²) >= 11 is 0. The molecule has 1 amide bonds. The SMILES string of the molecule is COC(=O)N1CCc2c(nc(C)n2C2C[C@H]3CC[C@@H](C2)N3CC[C@H](N)c2ccccc2)C1. The number of amides is 1. The van der Waals surface area contributed by atoms with Gasteiger partial charge in [0.05, 0.1) is 19.3 Å². The van der Waals surface area contributed by atoms with Gasteiger partial charge in [-0.05, 0) is 44.6 Å². The number of methoxy groups -OCH3 is 1. The van der Waals surface area contributed by atoms with Gasteiger partial charge in [0.15, 0.2) is 0 Å². The summed E-state index contributed by atoms with van der Waals surface area (Å²) < 4.78 is 7.41. The Kier molecular flexibility index (Phi) is 5.95. The molecule has 0 saturated carbocycles. The van der Waals surface area contributed by atoms with E-state index < -0.39 is 0 Å². The van der Waals surface area contributed by atoms with Crippen LogP contribution in [-0.4, -0.2) is 57.7 Å². The van der Waals surface area contributed by atoms with Crippen molar-refractivity contribution >= 4 is 6.09 Å². The van der Waals surface area contributed by atoms with E-state index in [4.69, 9.17) is 15.5 Å². The van der Waals surface area contributed by atoms with Gasteiger partial charge in [-0.15, -0.1) is 0 Å². The molecule has 7 heteroatoms. The molecule has 1 unspecified atom stereocenters. The molecule has 5 rings (SSSR count). The van der Waals surface area contributed by atoms with E-state index in [9.17, 15) is 4.79 Å². The average molecular weight is 438 g/mol. The van der Waals surface area contributed by atoms with Gasteiger partial charge in [-0.2, -0.15) is 0 Å². The number of aromatic nitrogens is 2. The number of benzene rings is 1. The molecule has 2 fully saturated rings. The number of hydrogen-bond acceptors (Lipinski definition) is 5. The first-order valence-corrected chi connectivity index (χ1v) is 12.0. The zero-order valence-electron chi connectivity index (χ0n) is 19.2. The molecule has 172 valence electrons. The molecular formula is C25H35N5O2. The molecule has 1 aromatic carbocycles. The maximum atomic E-state index is 12.0. The lowest BCUT2D eigenvalue weighted by Gasteiger charge is -2.41. The fraction of sp³-hybridized carbons (Fsp3) is 0.600. The number of rotatable bonds is 5. The molecule has 2 N–H and O–H groups in total. The number of ether oxygens (including phenoxy) is 1. The molecule has 0 aliphatic carbocycles. The fourth-order valence-corrected chi connectivity index (χ4v) is 6.29. The van der Waals surface area contributed by atoms with Crippen molar-refractivity contribution in [3.8, 4) is 0 Å². The number of carbonyl (C=O) groups is 1. The topological polar surface area (TPSA) is 76.6 Å². The van der Waals surface area contributed by atoms with E-state index in [-0.39, 0.29) is 12.1 Å². The van der Waals surface area contributed by atoms with E-state index in [0.29, 0.717) is 31.2 Å². The van der Waals surface area contributed by atoms with Gasteiger partial charge in [0.25, 0.3) is 0 Å². The van der Waals surface area contributed by atoms with Crippen molar-refractivity contribution in [3.05, 3.63) is 53.1 Å². The van der Waals surface area contributed by atoms with Crippen LogP contribution in [0.2, 0.25) is 0 Å². The standard InChI is InChI=1S/C25H35N5O2/c1-17-27-23-16-28(25(31)32-2)12-11-24(23)30(17)21-14-19-8-9-20(15-21)29(19)13-10-22(26)18-6-4-3-5-7-18/h3-7,19-22H,8-16,26H2,1-2H3/t19-,20+,21?,22-/m0/s1. The Morgan fingerprint density at radius 3 is 2.59 bits per heavy atom. The van der Waals surface area contributed by atoms with Crippen molar-refractivity contribution in [2.24, 2.45) is 5.73 Å². The zero-order chi connectivity index (χ0) is 22.2. The monoisotopic (exact) mass is 437 g/mol. The van der Waals surface area contributed by atoms with Gasteiger partial charge in [0.1, 0.15) is 5.82 Å². The molecule has 4 heterocycles. The predicted octanol–water partition coefficient (Wildman–Crippen LogP) is 3.57. The number of aryl methyl sites for hydroxylation is 1. The average Bonchev–Trinajstić information content (AvgIpc) is 3.27. The second kappa shape index (κ2) is 8.87. The Labute approximate surface area is 190 Å². The lowest BCUT2D eigenvalue weighted by atomic mass is 9.95. The van der Waals surface area contributed by atoms with Crippen LogP contribution in [0.1, 0.15) is 67.0 Å². The van der Waals surface area contributed by atoms with Crippen LogP contribution in [0.4, 0.5) is 4.79 Å². The minimum absolute atomic E-state index is 0.106. The van der Waals surface area contributed by atoms with E-state index in [1.165, 1.54) is 44.1 Å². The smallest absolute Gasteiger partial charge is 0.409 e. The first-order valence-electron chi connectivity index (χ1n) is 12.0. The molecule has 0 radical (unpaired) electrons. The summed E-state index contributed by atoms with van der Waals surface area (Å²) in [6.07, 6.45) is 6.53. The van der Waals surface area contributed by atoms with Crippen LogP contribution in [0.3, 0.4) is 0 Å². The Morgan fingerprint density at radius 2 is 1.91 bits per heavy atom. The van der Waals surface area contributed by atoms with Crippen molar-refractivity contribution < 1.29 is 9.53 Å². The third-order valence-corrected chi connectivity index (χ3v) is 7.81. The van der Waals surface area contributed by atoms with E-state index in [1.54, 1.807) is 4.90 Å². The number of imidazole rings is 1. The molecule has 1 aromatic heterocycles. The predicted molar refractivity (Wildman–Crippen MR) is 123 cm³/mol. The highest BCUT2D eigenvalue weighted by atomic mass is 16.5. The molecule has 0 spiro atoms. The molecule has 3 aliphatic heterocycles. The van der Waals surface area contributed by atoms with Crippen LogP contribution in [0.25, 0.3) is 0 Å². The molecule has 3 aliphatic rings. The van der Waals surface area contributed by atoms with Crippen molar-refractivity contribution in [2.75, 3.05) is 20.2 Å². The number of nitrogens with zero attached hydrogens (tertiary/aromatic N) is 4. The summed E-state index contributed by atoms with van der Waals surface area (Å²) in [5, 5.41) is 0. The quantitative estimate of drug-likeness (QED) is 0.774. The Morgan fingerprint density at radius 1 is 1.19 bits per heavy atom. The number of piperidine rings is 1. The maximum absolute atomic E-state index is 12.0. The molecule has 7 nitrogen and oxygen atoms in total. The lowest BCUT2D eigenvalue weighted by Crippen LogP contribution is -2.45. The summed E-state index contributed by atoms with van der Waals surface area (Å²) in [6.45, 7) is 4.45. The van der Waals surface area contributed by atoms with Gasteiger partial charge < -0.3 is 19.9 Å². The van der Waals surface area contributed by atoms with Gasteiger partial charge in [0, 0.05) is 49.4 Å². The number of fused-ring (bicyclic) bond motifs is 3. The first-order chi connectivity index (χ1) is 15.5. The Bertz CT molecular complexity index is 945. The molecule has 2 bridgehead atoms. The minimum atomic E-state index is -0.261. The van der Waals surface area contributed by atoms with Crippen LogP contribution < -0.4 is 5.73 Å². The summed E-state index contributed by atoms with van der Waals surface area (Å²) in [6, 6.07) is 12.3. The normalized spacial score (nSPS) is 26.1. The van der Waals surface area contributed by atoms with E-state index in [2.05, 4.69) is 40.7 Å². The highest BCUT2D eigenvalue weighted by molar-refractivity contribution is 5.67. The lowest BCUT2D eigenvalue weighted by molar-refractivity contribution is 0.100. The second-order valence-corrected chi connectivity index (χ2v) is 9.62. The molecule has 32 heavy (non-hydrogen) atoms. The third kappa shape index (κ3) is 3.92. The zero-order valence-corrected chi connectivity index (χ0v) is 19.2. The first kappa shape index (κ1) is 21.5. The Hall–Kier alpha value is -2.38. The van der Waals surface area contributed by atoms with Gasteiger partial charge >= 0.3 is 6.09 Å². The van der Waals surface area contributed by atoms with Gasteiger partial charge in [-0.3, -0.25) is 4.90 Å². The highest BCUT2D eigenvalue weighted by Crippen LogP contribution is 2.42. The van der Waals surface area contributed by atoms with Crippen LogP contribution in [0, 0.1) is 6.92 Å². The summed E-state index contributed by atoms with van der Waals surface area (Å²) in [5.41, 5.74) is 10.1. The molecule has 2 aromatic rings. The summed E-state index contributed by atoms with van der Waals surface area (Å²) in [7, 11) is 1.44. The third-order valence-electron chi connectivity index (χ3n) is 7.81.